The smallest absolute Gasteiger partial charge is 0.187 e. The molecule has 17 heavy (non-hydrogen) atoms. The summed E-state index contributed by atoms with van der Waals surface area (Å²) in [6, 6.07) is 2.82. The van der Waals surface area contributed by atoms with Gasteiger partial charge in [0.2, 0.25) is 0 Å². The van der Waals surface area contributed by atoms with Crippen molar-refractivity contribution in [1.82, 2.24) is 5.32 Å². The Morgan fingerprint density at radius 1 is 1.35 bits per heavy atom. The van der Waals surface area contributed by atoms with Crippen molar-refractivity contribution in [2.75, 3.05) is 0 Å². The average Bonchev–Trinajstić information content (AvgIpc) is 3.02. The molecule has 0 spiro atoms. The molecule has 1 saturated carbocycles. The Bertz CT molecular complexity index is 385. The lowest BCUT2D eigenvalue weighted by molar-refractivity contribution is 0.395. The van der Waals surface area contributed by atoms with Crippen LogP contribution >= 0.6 is 0 Å². The van der Waals surface area contributed by atoms with Crippen LogP contribution in [-0.2, 0) is 6.54 Å². The summed E-state index contributed by atoms with van der Waals surface area (Å²) in [7, 11) is 0. The van der Waals surface area contributed by atoms with Crippen molar-refractivity contribution in [3.63, 3.8) is 0 Å². The molecule has 2 atom stereocenters. The Morgan fingerprint density at radius 2 is 2.00 bits per heavy atom. The lowest BCUT2D eigenvalue weighted by atomic mass is 10.2. The van der Waals surface area contributed by atoms with Crippen LogP contribution in [0.4, 0.5) is 8.78 Å². The van der Waals surface area contributed by atoms with Crippen molar-refractivity contribution in [3.05, 3.63) is 29.3 Å². The number of nitrogens with one attached hydrogen (secondary N) is 1. The lowest BCUT2D eigenvalue weighted by Crippen LogP contribution is -2.17. The molecule has 94 valence electrons. The standard InChI is InChI=1S/C13H17F2NO/c1-2-3-9-6-12(9)16-7-8-4-10(14)13(17)11(15)5-8/h4-5,9,12,16-17H,2-3,6-7H2,1H3. The fourth-order valence-electron chi connectivity index (χ4n) is 2.16. The molecule has 1 aromatic carbocycles. The molecule has 4 heteroatoms. The molecule has 1 aromatic rings. The molecule has 0 bridgehead atoms. The Labute approximate surface area is 99.7 Å². The largest absolute Gasteiger partial charge is 0.503 e. The quantitative estimate of drug-likeness (QED) is 0.830. The van der Waals surface area contributed by atoms with Gasteiger partial charge in [-0.25, -0.2) is 8.78 Å². The van der Waals surface area contributed by atoms with Crippen molar-refractivity contribution < 1.29 is 13.9 Å². The monoisotopic (exact) mass is 241 g/mol. The predicted molar refractivity (Wildman–Crippen MR) is 61.7 cm³/mol. The maximum atomic E-state index is 13.1. The summed E-state index contributed by atoms with van der Waals surface area (Å²) in [4.78, 5) is 0. The highest BCUT2D eigenvalue weighted by Crippen LogP contribution is 2.34. The number of phenols is 1. The fourth-order valence-corrected chi connectivity index (χ4v) is 2.16. The van der Waals surface area contributed by atoms with Crippen molar-refractivity contribution in [2.24, 2.45) is 5.92 Å². The zero-order valence-electron chi connectivity index (χ0n) is 9.84. The molecule has 0 aromatic heterocycles. The average molecular weight is 241 g/mol. The molecule has 0 saturated heterocycles. The van der Waals surface area contributed by atoms with Gasteiger partial charge in [-0.15, -0.1) is 0 Å². The van der Waals surface area contributed by atoms with Gasteiger partial charge in [0.05, 0.1) is 0 Å². The molecule has 0 amide bonds. The lowest BCUT2D eigenvalue weighted by Gasteiger charge is -2.06. The highest BCUT2D eigenvalue weighted by atomic mass is 19.1. The van der Waals surface area contributed by atoms with E-state index >= 15 is 0 Å². The van der Waals surface area contributed by atoms with Gasteiger partial charge in [0.15, 0.2) is 17.4 Å². The van der Waals surface area contributed by atoms with Crippen LogP contribution in [0.25, 0.3) is 0 Å². The molecule has 2 rings (SSSR count). The summed E-state index contributed by atoms with van der Waals surface area (Å²) in [5.74, 6) is -1.98. The van der Waals surface area contributed by atoms with Crippen LogP contribution in [-0.4, -0.2) is 11.1 Å². The van der Waals surface area contributed by atoms with Gasteiger partial charge in [0.25, 0.3) is 0 Å². The summed E-state index contributed by atoms with van der Waals surface area (Å²) >= 11 is 0. The Morgan fingerprint density at radius 3 is 2.59 bits per heavy atom. The summed E-state index contributed by atoms with van der Waals surface area (Å²) in [6.45, 7) is 2.60. The van der Waals surface area contributed by atoms with Gasteiger partial charge in [0.1, 0.15) is 0 Å². The van der Waals surface area contributed by atoms with E-state index in [1.54, 1.807) is 0 Å². The first-order chi connectivity index (χ1) is 8.11. The third kappa shape index (κ3) is 2.94. The molecule has 2 unspecified atom stereocenters. The number of aromatic hydroxyl groups is 1. The van der Waals surface area contributed by atoms with E-state index in [2.05, 4.69) is 12.2 Å². The highest BCUT2D eigenvalue weighted by Gasteiger charge is 2.35. The first-order valence-corrected chi connectivity index (χ1v) is 6.02. The molecule has 1 aliphatic rings. The van der Waals surface area contributed by atoms with Crippen LogP contribution < -0.4 is 5.32 Å². The van der Waals surface area contributed by atoms with Crippen LogP contribution in [0.15, 0.2) is 12.1 Å². The summed E-state index contributed by atoms with van der Waals surface area (Å²) in [5, 5.41) is 12.2. The van der Waals surface area contributed by atoms with E-state index in [1.807, 2.05) is 0 Å². The minimum atomic E-state index is -0.900. The maximum Gasteiger partial charge on any atom is 0.187 e. The van der Waals surface area contributed by atoms with Crippen LogP contribution in [0.3, 0.4) is 0 Å². The highest BCUT2D eigenvalue weighted by molar-refractivity contribution is 5.30. The zero-order valence-corrected chi connectivity index (χ0v) is 9.84. The minimum Gasteiger partial charge on any atom is -0.503 e. The molecule has 1 aliphatic carbocycles. The van der Waals surface area contributed by atoms with Gasteiger partial charge in [0, 0.05) is 12.6 Å². The first kappa shape index (κ1) is 12.3. The molecule has 0 radical (unpaired) electrons. The topological polar surface area (TPSA) is 32.3 Å². The molecule has 0 heterocycles. The molecular weight excluding hydrogens is 224 g/mol. The van der Waals surface area contributed by atoms with Crippen molar-refractivity contribution >= 4 is 0 Å². The van der Waals surface area contributed by atoms with Crippen molar-refractivity contribution in [1.29, 1.82) is 0 Å². The van der Waals surface area contributed by atoms with Gasteiger partial charge in [-0.2, -0.15) is 0 Å². The van der Waals surface area contributed by atoms with Gasteiger partial charge < -0.3 is 10.4 Å². The Balaban J connectivity index is 1.88. The third-order valence-electron chi connectivity index (χ3n) is 3.23. The zero-order chi connectivity index (χ0) is 12.4. The van der Waals surface area contributed by atoms with Gasteiger partial charge in [-0.05, 0) is 36.5 Å². The van der Waals surface area contributed by atoms with Crippen molar-refractivity contribution in [3.8, 4) is 5.75 Å². The number of benzene rings is 1. The number of halogens is 2. The first-order valence-electron chi connectivity index (χ1n) is 6.02. The van der Waals surface area contributed by atoms with E-state index in [0.717, 1.165) is 6.42 Å². The minimum absolute atomic E-state index is 0.443. The van der Waals surface area contributed by atoms with Crippen LogP contribution in [0.1, 0.15) is 31.7 Å². The summed E-state index contributed by atoms with van der Waals surface area (Å²) in [5.41, 5.74) is 0.528. The van der Waals surface area contributed by atoms with Gasteiger partial charge >= 0.3 is 0 Å². The second-order valence-corrected chi connectivity index (χ2v) is 4.68. The third-order valence-corrected chi connectivity index (χ3v) is 3.23. The molecule has 2 N–H and O–H groups in total. The number of rotatable bonds is 5. The maximum absolute atomic E-state index is 13.1. The van der Waals surface area contributed by atoms with E-state index in [4.69, 9.17) is 5.11 Å². The van der Waals surface area contributed by atoms with E-state index in [-0.39, 0.29) is 0 Å². The second-order valence-electron chi connectivity index (χ2n) is 4.68. The number of hydrogen-bond donors (Lipinski definition) is 2. The van der Waals surface area contributed by atoms with Crippen LogP contribution in [0.5, 0.6) is 5.75 Å². The predicted octanol–water partition coefficient (Wildman–Crippen LogP) is 2.95. The van der Waals surface area contributed by atoms with E-state index in [0.29, 0.717) is 24.1 Å². The fraction of sp³-hybridized carbons (Fsp3) is 0.538. The summed E-state index contributed by atoms with van der Waals surface area (Å²) < 4.78 is 26.1. The second kappa shape index (κ2) is 5.00. The molecule has 0 aliphatic heterocycles. The van der Waals surface area contributed by atoms with E-state index < -0.39 is 17.4 Å². The summed E-state index contributed by atoms with van der Waals surface area (Å²) in [6.07, 6.45) is 3.53. The SMILES string of the molecule is CCCC1CC1NCc1cc(F)c(O)c(F)c1. The molecule has 1 fully saturated rings. The Kier molecular flexibility index (Phi) is 3.62. The van der Waals surface area contributed by atoms with Crippen LogP contribution in [0.2, 0.25) is 0 Å². The van der Waals surface area contributed by atoms with E-state index in [9.17, 15) is 8.78 Å². The van der Waals surface area contributed by atoms with Crippen LogP contribution in [0, 0.1) is 17.6 Å². The van der Waals surface area contributed by atoms with Gasteiger partial charge in [-0.3, -0.25) is 0 Å². The number of hydrogen-bond acceptors (Lipinski definition) is 2. The molecular formula is C13H17F2NO. The Hall–Kier alpha value is -1.16. The van der Waals surface area contributed by atoms with E-state index in [1.165, 1.54) is 25.0 Å². The molecule has 2 nitrogen and oxygen atoms in total. The number of phenolic OH excluding ortho intramolecular Hbond substituents is 1. The normalized spacial score (nSPS) is 22.8. The van der Waals surface area contributed by atoms with Crippen molar-refractivity contribution in [2.45, 2.75) is 38.8 Å². The van der Waals surface area contributed by atoms with Gasteiger partial charge in [-0.1, -0.05) is 13.3 Å².